The number of aromatic nitrogens is 2. The molecule has 2 aromatic rings. The summed E-state index contributed by atoms with van der Waals surface area (Å²) in [7, 11) is 4.18. The van der Waals surface area contributed by atoms with Gasteiger partial charge in [-0.2, -0.15) is 4.98 Å². The Hall–Kier alpha value is -1.92. The van der Waals surface area contributed by atoms with Crippen LogP contribution < -0.4 is 16.6 Å². The van der Waals surface area contributed by atoms with E-state index >= 15 is 0 Å². The molecule has 1 aromatic heterocycles. The maximum Gasteiger partial charge on any atom is 0.239 e. The average Bonchev–Trinajstić information content (AvgIpc) is 2.46. The molecule has 108 valence electrons. The van der Waals surface area contributed by atoms with Crippen LogP contribution in [0.15, 0.2) is 24.3 Å². The Bertz CT molecular complexity index is 554. The van der Waals surface area contributed by atoms with Crippen molar-refractivity contribution < 1.29 is 0 Å². The second-order valence-electron chi connectivity index (χ2n) is 4.99. The minimum Gasteiger partial charge on any atom is -0.369 e. The first-order valence-electron chi connectivity index (χ1n) is 6.82. The fourth-order valence-electron chi connectivity index (χ4n) is 2.04. The number of rotatable bonds is 7. The molecule has 0 amide bonds. The predicted molar refractivity (Wildman–Crippen MR) is 83.6 cm³/mol. The summed E-state index contributed by atoms with van der Waals surface area (Å²) >= 11 is 0. The molecule has 0 aliphatic heterocycles. The van der Waals surface area contributed by atoms with Crippen LogP contribution in [0.2, 0.25) is 0 Å². The van der Waals surface area contributed by atoms with Crippen LogP contribution in [0.5, 0.6) is 0 Å². The number of nitrogens with zero attached hydrogens (tertiary/aromatic N) is 3. The van der Waals surface area contributed by atoms with Crippen molar-refractivity contribution >= 4 is 22.7 Å². The maximum atomic E-state index is 5.41. The van der Waals surface area contributed by atoms with E-state index in [2.05, 4.69) is 39.7 Å². The van der Waals surface area contributed by atoms with Gasteiger partial charge in [-0.3, -0.25) is 5.43 Å². The lowest BCUT2D eigenvalue weighted by atomic mass is 10.2. The van der Waals surface area contributed by atoms with Gasteiger partial charge >= 0.3 is 0 Å². The Morgan fingerprint density at radius 1 is 1.15 bits per heavy atom. The number of nitrogens with one attached hydrogen (secondary N) is 2. The Labute approximate surface area is 119 Å². The minimum atomic E-state index is 0.430. The number of para-hydroxylation sites is 1. The van der Waals surface area contributed by atoms with Crippen LogP contribution in [0.1, 0.15) is 12.8 Å². The summed E-state index contributed by atoms with van der Waals surface area (Å²) in [6.45, 7) is 1.99. The van der Waals surface area contributed by atoms with Gasteiger partial charge < -0.3 is 10.2 Å². The van der Waals surface area contributed by atoms with Gasteiger partial charge in [-0.05, 0) is 45.6 Å². The number of anilines is 2. The van der Waals surface area contributed by atoms with Gasteiger partial charge in [0.1, 0.15) is 5.82 Å². The Morgan fingerprint density at radius 2 is 1.95 bits per heavy atom. The van der Waals surface area contributed by atoms with Crippen LogP contribution in [-0.4, -0.2) is 42.1 Å². The normalized spacial score (nSPS) is 11.0. The molecular formula is C14H22N6. The highest BCUT2D eigenvalue weighted by molar-refractivity contribution is 5.89. The van der Waals surface area contributed by atoms with Gasteiger partial charge in [-0.15, -0.1) is 0 Å². The lowest BCUT2D eigenvalue weighted by Crippen LogP contribution is -2.15. The van der Waals surface area contributed by atoms with Crippen molar-refractivity contribution in [2.75, 3.05) is 37.9 Å². The van der Waals surface area contributed by atoms with Crippen LogP contribution >= 0.6 is 0 Å². The molecule has 0 atom stereocenters. The van der Waals surface area contributed by atoms with Gasteiger partial charge in [-0.25, -0.2) is 10.8 Å². The summed E-state index contributed by atoms with van der Waals surface area (Å²) < 4.78 is 0. The van der Waals surface area contributed by atoms with Crippen LogP contribution in [0.25, 0.3) is 10.9 Å². The molecule has 6 heteroatoms. The zero-order valence-electron chi connectivity index (χ0n) is 12.1. The van der Waals surface area contributed by atoms with E-state index in [0.717, 1.165) is 42.7 Å². The first kappa shape index (κ1) is 14.5. The number of fused-ring (bicyclic) bond motifs is 1. The lowest BCUT2D eigenvalue weighted by Gasteiger charge is -2.11. The number of benzene rings is 1. The smallest absolute Gasteiger partial charge is 0.239 e. The summed E-state index contributed by atoms with van der Waals surface area (Å²) in [6, 6.07) is 7.90. The molecule has 0 saturated carbocycles. The predicted octanol–water partition coefficient (Wildman–Crippen LogP) is 1.67. The fraction of sp³-hybridized carbons (Fsp3) is 0.429. The molecular weight excluding hydrogens is 252 g/mol. The van der Waals surface area contributed by atoms with E-state index in [1.165, 1.54) is 0 Å². The molecule has 1 aromatic carbocycles. The molecule has 0 bridgehead atoms. The van der Waals surface area contributed by atoms with Crippen molar-refractivity contribution in [2.24, 2.45) is 5.84 Å². The van der Waals surface area contributed by atoms with E-state index in [-0.39, 0.29) is 0 Å². The highest BCUT2D eigenvalue weighted by atomic mass is 15.3. The Balaban J connectivity index is 2.04. The van der Waals surface area contributed by atoms with Gasteiger partial charge in [0, 0.05) is 11.9 Å². The van der Waals surface area contributed by atoms with Crippen LogP contribution in [0, 0.1) is 0 Å². The molecule has 0 saturated heterocycles. The van der Waals surface area contributed by atoms with Crippen LogP contribution in [0.4, 0.5) is 11.8 Å². The van der Waals surface area contributed by atoms with Crippen LogP contribution in [0.3, 0.4) is 0 Å². The van der Waals surface area contributed by atoms with E-state index in [9.17, 15) is 0 Å². The van der Waals surface area contributed by atoms with E-state index in [1.54, 1.807) is 0 Å². The highest BCUT2D eigenvalue weighted by Gasteiger charge is 2.05. The zero-order chi connectivity index (χ0) is 14.4. The molecule has 6 nitrogen and oxygen atoms in total. The van der Waals surface area contributed by atoms with Crippen molar-refractivity contribution in [3.05, 3.63) is 24.3 Å². The number of hydrogen-bond acceptors (Lipinski definition) is 6. The highest BCUT2D eigenvalue weighted by Crippen LogP contribution is 2.21. The molecule has 0 fully saturated rings. The first-order chi connectivity index (χ1) is 9.70. The Morgan fingerprint density at radius 3 is 2.70 bits per heavy atom. The first-order valence-corrected chi connectivity index (χ1v) is 6.82. The Kier molecular flexibility index (Phi) is 5.09. The lowest BCUT2D eigenvalue weighted by molar-refractivity contribution is 0.396. The summed E-state index contributed by atoms with van der Waals surface area (Å²) in [4.78, 5) is 10.9. The van der Waals surface area contributed by atoms with E-state index in [4.69, 9.17) is 5.84 Å². The van der Waals surface area contributed by atoms with Crippen molar-refractivity contribution in [3.63, 3.8) is 0 Å². The summed E-state index contributed by atoms with van der Waals surface area (Å²) in [5.74, 6) is 6.67. The minimum absolute atomic E-state index is 0.430. The number of hydrogen-bond donors (Lipinski definition) is 3. The molecule has 0 spiro atoms. The van der Waals surface area contributed by atoms with Gasteiger partial charge in [0.2, 0.25) is 5.95 Å². The summed E-state index contributed by atoms with van der Waals surface area (Å²) in [5, 5.41) is 4.38. The van der Waals surface area contributed by atoms with Gasteiger partial charge in [0.15, 0.2) is 0 Å². The molecule has 0 aliphatic carbocycles. The average molecular weight is 274 g/mol. The van der Waals surface area contributed by atoms with Gasteiger partial charge in [0.05, 0.1) is 5.52 Å². The van der Waals surface area contributed by atoms with E-state index in [1.807, 2.05) is 24.3 Å². The molecule has 1 heterocycles. The second kappa shape index (κ2) is 7.02. The number of nitrogens with two attached hydrogens (primary N) is 1. The maximum absolute atomic E-state index is 5.41. The quantitative estimate of drug-likeness (QED) is 0.405. The van der Waals surface area contributed by atoms with E-state index < -0.39 is 0 Å². The zero-order valence-corrected chi connectivity index (χ0v) is 12.1. The van der Waals surface area contributed by atoms with Crippen molar-refractivity contribution in [1.82, 2.24) is 14.9 Å². The molecule has 4 N–H and O–H groups in total. The monoisotopic (exact) mass is 274 g/mol. The fourth-order valence-corrected chi connectivity index (χ4v) is 2.04. The summed E-state index contributed by atoms with van der Waals surface area (Å²) in [6.07, 6.45) is 2.26. The molecule has 0 radical (unpaired) electrons. The summed E-state index contributed by atoms with van der Waals surface area (Å²) in [5.41, 5.74) is 3.39. The number of unbranched alkanes of at least 4 members (excludes halogenated alkanes) is 1. The molecule has 2 rings (SSSR count). The largest absolute Gasteiger partial charge is 0.369 e. The third kappa shape index (κ3) is 3.79. The third-order valence-electron chi connectivity index (χ3n) is 3.06. The molecule has 20 heavy (non-hydrogen) atoms. The van der Waals surface area contributed by atoms with Crippen LogP contribution in [-0.2, 0) is 0 Å². The SMILES string of the molecule is CN(C)CCCCNc1nc(NN)nc2ccccc12. The van der Waals surface area contributed by atoms with Crippen molar-refractivity contribution in [2.45, 2.75) is 12.8 Å². The number of nitrogen functional groups attached to an aromatic ring is 1. The number of hydrazine groups is 1. The van der Waals surface area contributed by atoms with E-state index in [0.29, 0.717) is 5.95 Å². The van der Waals surface area contributed by atoms with Crippen molar-refractivity contribution in [3.8, 4) is 0 Å². The molecule has 0 unspecified atom stereocenters. The second-order valence-corrected chi connectivity index (χ2v) is 4.99. The molecule has 0 aliphatic rings. The topological polar surface area (TPSA) is 79.1 Å². The third-order valence-corrected chi connectivity index (χ3v) is 3.06. The van der Waals surface area contributed by atoms with Gasteiger partial charge in [-0.1, -0.05) is 12.1 Å². The standard InChI is InChI=1S/C14H22N6/c1-20(2)10-6-5-9-16-13-11-7-3-4-8-12(11)17-14(18-13)19-15/h3-4,7-8H,5-6,9-10,15H2,1-2H3,(H2,16,17,18,19). The van der Waals surface area contributed by atoms with Gasteiger partial charge in [0.25, 0.3) is 0 Å². The van der Waals surface area contributed by atoms with Crippen molar-refractivity contribution in [1.29, 1.82) is 0 Å².